The molecular weight excluding hydrogens is 192 g/mol. The Hall–Kier alpha value is -1.58. The fourth-order valence-corrected chi connectivity index (χ4v) is 1.72. The molecule has 2 rings (SSSR count). The molecule has 4 nitrogen and oxygen atoms in total. The molecule has 0 unspecified atom stereocenters. The molecule has 0 aromatic carbocycles. The maximum atomic E-state index is 12.0. The van der Waals surface area contributed by atoms with Gasteiger partial charge in [0.25, 0.3) is 0 Å². The number of nitrogens with zero attached hydrogens (tertiary/aromatic N) is 2. The van der Waals surface area contributed by atoms with E-state index in [-0.39, 0.29) is 5.78 Å². The Balaban J connectivity index is 2.27. The quantitative estimate of drug-likeness (QED) is 0.690. The average molecular weight is 206 g/mol. The zero-order valence-electron chi connectivity index (χ0n) is 8.99. The lowest BCUT2D eigenvalue weighted by molar-refractivity contribution is 0.100. The molecule has 0 radical (unpaired) electrons. The van der Waals surface area contributed by atoms with Crippen molar-refractivity contribution in [2.24, 2.45) is 7.05 Å². The summed E-state index contributed by atoms with van der Waals surface area (Å²) < 4.78 is 6.78. The highest BCUT2D eigenvalue weighted by molar-refractivity contribution is 6.07. The van der Waals surface area contributed by atoms with Gasteiger partial charge in [-0.15, -0.1) is 0 Å². The predicted octanol–water partition coefficient (Wildman–Crippen LogP) is 1.61. The Morgan fingerprint density at radius 2 is 2.40 bits per heavy atom. The van der Waals surface area contributed by atoms with Crippen LogP contribution in [0.1, 0.15) is 29.0 Å². The highest BCUT2D eigenvalue weighted by Gasteiger charge is 2.18. The van der Waals surface area contributed by atoms with Crippen LogP contribution in [0.3, 0.4) is 0 Å². The second-order valence-corrected chi connectivity index (χ2v) is 3.74. The van der Waals surface area contributed by atoms with Gasteiger partial charge in [0.1, 0.15) is 5.69 Å². The number of allylic oxidation sites excluding steroid dienone is 1. The minimum atomic E-state index is 0.0257. The van der Waals surface area contributed by atoms with Crippen molar-refractivity contribution in [1.82, 2.24) is 9.78 Å². The lowest BCUT2D eigenvalue weighted by Crippen LogP contribution is -2.13. The first kappa shape index (κ1) is 9.96. The monoisotopic (exact) mass is 206 g/mol. The predicted molar refractivity (Wildman–Crippen MR) is 55.5 cm³/mol. The van der Waals surface area contributed by atoms with E-state index in [0.29, 0.717) is 12.3 Å². The molecule has 0 atom stereocenters. The number of hydrogen-bond acceptors (Lipinski definition) is 3. The van der Waals surface area contributed by atoms with Gasteiger partial charge in [-0.3, -0.25) is 9.48 Å². The summed E-state index contributed by atoms with van der Waals surface area (Å²) in [6, 6.07) is 1.80. The number of carbonyl (C=O) groups is 1. The van der Waals surface area contributed by atoms with Crippen LogP contribution in [-0.2, 0) is 11.8 Å². The first-order valence-corrected chi connectivity index (χ1v) is 5.04. The number of Topliss-reactive ketones (excluding diaryl/α,β-unsaturated/α-hetero) is 1. The van der Waals surface area contributed by atoms with Crippen LogP contribution in [0.5, 0.6) is 0 Å². The SMILES string of the molecule is Cc1cc(C(=O)C2=COCCC2)n(C)n1. The fraction of sp³-hybridized carbons (Fsp3) is 0.455. The van der Waals surface area contributed by atoms with Gasteiger partial charge in [-0.25, -0.2) is 0 Å². The number of carbonyl (C=O) groups excluding carboxylic acids is 1. The van der Waals surface area contributed by atoms with Gasteiger partial charge in [-0.05, 0) is 25.8 Å². The largest absolute Gasteiger partial charge is 0.501 e. The molecule has 0 saturated heterocycles. The Kier molecular flexibility index (Phi) is 2.58. The van der Waals surface area contributed by atoms with Crippen LogP contribution < -0.4 is 0 Å². The van der Waals surface area contributed by atoms with Crippen LogP contribution in [0.15, 0.2) is 17.9 Å². The van der Waals surface area contributed by atoms with Gasteiger partial charge in [0.05, 0.1) is 18.6 Å². The summed E-state index contributed by atoms with van der Waals surface area (Å²) in [5, 5.41) is 4.15. The van der Waals surface area contributed by atoms with Crippen LogP contribution in [0, 0.1) is 6.92 Å². The number of ether oxygens (including phenoxy) is 1. The van der Waals surface area contributed by atoms with Crippen LogP contribution >= 0.6 is 0 Å². The van der Waals surface area contributed by atoms with Crippen LogP contribution in [0.4, 0.5) is 0 Å². The molecule has 0 aliphatic carbocycles. The van der Waals surface area contributed by atoms with Crippen molar-refractivity contribution in [3.63, 3.8) is 0 Å². The first-order valence-electron chi connectivity index (χ1n) is 5.04. The van der Waals surface area contributed by atoms with E-state index in [0.717, 1.165) is 24.1 Å². The molecule has 1 aliphatic rings. The maximum absolute atomic E-state index is 12.0. The third-order valence-electron chi connectivity index (χ3n) is 2.46. The van der Waals surface area contributed by atoms with Crippen molar-refractivity contribution in [3.05, 3.63) is 29.3 Å². The molecule has 1 aromatic heterocycles. The molecule has 80 valence electrons. The number of aromatic nitrogens is 2. The molecule has 0 spiro atoms. The highest BCUT2D eigenvalue weighted by Crippen LogP contribution is 2.17. The number of hydrogen-bond donors (Lipinski definition) is 0. The minimum Gasteiger partial charge on any atom is -0.501 e. The van der Waals surface area contributed by atoms with Gasteiger partial charge in [0.15, 0.2) is 0 Å². The second-order valence-electron chi connectivity index (χ2n) is 3.74. The summed E-state index contributed by atoms with van der Waals surface area (Å²) in [4.78, 5) is 12.0. The first-order chi connectivity index (χ1) is 7.18. The van der Waals surface area contributed by atoms with Gasteiger partial charge >= 0.3 is 0 Å². The standard InChI is InChI=1S/C11H14N2O2/c1-8-6-10(13(2)12-8)11(14)9-4-3-5-15-7-9/h6-7H,3-5H2,1-2H3. The van der Waals surface area contributed by atoms with Crippen LogP contribution in [0.25, 0.3) is 0 Å². The van der Waals surface area contributed by atoms with Gasteiger partial charge in [0, 0.05) is 12.6 Å². The number of ketones is 1. The fourth-order valence-electron chi connectivity index (χ4n) is 1.72. The molecule has 0 bridgehead atoms. The summed E-state index contributed by atoms with van der Waals surface area (Å²) in [7, 11) is 1.78. The molecule has 1 aliphatic heterocycles. The second kappa shape index (κ2) is 3.88. The van der Waals surface area contributed by atoms with Gasteiger partial charge < -0.3 is 4.74 Å². The molecule has 15 heavy (non-hydrogen) atoms. The van der Waals surface area contributed by atoms with Gasteiger partial charge in [-0.1, -0.05) is 0 Å². The Bertz CT molecular complexity index is 418. The lowest BCUT2D eigenvalue weighted by Gasteiger charge is -2.12. The van der Waals surface area contributed by atoms with E-state index in [1.54, 1.807) is 24.1 Å². The molecule has 0 N–H and O–H groups in total. The molecule has 1 aromatic rings. The van der Waals surface area contributed by atoms with Crippen molar-refractivity contribution in [3.8, 4) is 0 Å². The Morgan fingerprint density at radius 3 is 2.93 bits per heavy atom. The van der Waals surface area contributed by atoms with E-state index >= 15 is 0 Å². The normalized spacial score (nSPS) is 15.7. The molecule has 0 saturated carbocycles. The summed E-state index contributed by atoms with van der Waals surface area (Å²) in [6.07, 6.45) is 3.28. The van der Waals surface area contributed by atoms with Crippen LogP contribution in [-0.4, -0.2) is 22.2 Å². The summed E-state index contributed by atoms with van der Waals surface area (Å²) >= 11 is 0. The molecule has 0 amide bonds. The third-order valence-corrected chi connectivity index (χ3v) is 2.46. The topological polar surface area (TPSA) is 44.1 Å². The lowest BCUT2D eigenvalue weighted by atomic mass is 10.0. The highest BCUT2D eigenvalue weighted by atomic mass is 16.5. The molecular formula is C11H14N2O2. The van der Waals surface area contributed by atoms with Gasteiger partial charge in [0.2, 0.25) is 5.78 Å². The smallest absolute Gasteiger partial charge is 0.210 e. The summed E-state index contributed by atoms with van der Waals surface area (Å²) in [5.41, 5.74) is 2.23. The van der Waals surface area contributed by atoms with E-state index in [1.807, 2.05) is 6.92 Å². The van der Waals surface area contributed by atoms with E-state index in [9.17, 15) is 4.79 Å². The number of aryl methyl sites for hydroxylation is 2. The van der Waals surface area contributed by atoms with E-state index in [2.05, 4.69) is 5.10 Å². The summed E-state index contributed by atoms with van der Waals surface area (Å²) in [5.74, 6) is 0.0257. The Labute approximate surface area is 88.5 Å². The summed E-state index contributed by atoms with van der Waals surface area (Å²) in [6.45, 7) is 2.59. The van der Waals surface area contributed by atoms with E-state index in [1.165, 1.54) is 0 Å². The molecule has 0 fully saturated rings. The van der Waals surface area contributed by atoms with Crippen molar-refractivity contribution in [1.29, 1.82) is 0 Å². The van der Waals surface area contributed by atoms with Crippen molar-refractivity contribution in [2.75, 3.05) is 6.61 Å². The van der Waals surface area contributed by atoms with Gasteiger partial charge in [-0.2, -0.15) is 5.10 Å². The Morgan fingerprint density at radius 1 is 1.60 bits per heavy atom. The third kappa shape index (κ3) is 1.93. The molecule has 2 heterocycles. The minimum absolute atomic E-state index is 0.0257. The van der Waals surface area contributed by atoms with Crippen LogP contribution in [0.2, 0.25) is 0 Å². The zero-order valence-corrected chi connectivity index (χ0v) is 8.99. The van der Waals surface area contributed by atoms with E-state index < -0.39 is 0 Å². The average Bonchev–Trinajstić information content (AvgIpc) is 2.58. The zero-order chi connectivity index (χ0) is 10.8. The maximum Gasteiger partial charge on any atom is 0.210 e. The molecule has 4 heteroatoms. The van der Waals surface area contributed by atoms with Crippen molar-refractivity contribution < 1.29 is 9.53 Å². The number of rotatable bonds is 2. The van der Waals surface area contributed by atoms with Crippen molar-refractivity contribution >= 4 is 5.78 Å². The van der Waals surface area contributed by atoms with E-state index in [4.69, 9.17) is 4.74 Å². The van der Waals surface area contributed by atoms with Crippen molar-refractivity contribution in [2.45, 2.75) is 19.8 Å².